The van der Waals surface area contributed by atoms with Gasteiger partial charge in [0.25, 0.3) is 5.91 Å². The number of halogens is 1. The van der Waals surface area contributed by atoms with Crippen molar-refractivity contribution in [2.75, 3.05) is 7.11 Å². The van der Waals surface area contributed by atoms with Crippen LogP contribution in [0.5, 0.6) is 5.88 Å². The van der Waals surface area contributed by atoms with Gasteiger partial charge >= 0.3 is 0 Å². The van der Waals surface area contributed by atoms with Crippen LogP contribution in [-0.4, -0.2) is 23.0 Å². The molecule has 2 heterocycles. The van der Waals surface area contributed by atoms with Crippen LogP contribution in [0.3, 0.4) is 0 Å². The average molecular weight is 303 g/mol. The minimum atomic E-state index is -0.676. The third-order valence-corrected chi connectivity index (χ3v) is 4.02. The lowest BCUT2D eigenvalue weighted by Gasteiger charge is -2.06. The van der Waals surface area contributed by atoms with E-state index in [-0.39, 0.29) is 16.5 Å². The van der Waals surface area contributed by atoms with Gasteiger partial charge in [0.2, 0.25) is 11.8 Å². The number of rotatable bonds is 3. The van der Waals surface area contributed by atoms with Crippen molar-refractivity contribution in [1.82, 2.24) is 9.97 Å². The molecule has 0 saturated heterocycles. The molecule has 0 aliphatic carbocycles. The third-order valence-electron chi connectivity index (χ3n) is 2.93. The molecule has 0 saturated carbocycles. The van der Waals surface area contributed by atoms with Crippen LogP contribution in [0.4, 0.5) is 4.39 Å². The summed E-state index contributed by atoms with van der Waals surface area (Å²) in [7, 11) is 1.37. The summed E-state index contributed by atoms with van der Waals surface area (Å²) < 4.78 is 19.9. The Balaban J connectivity index is 2.39. The number of carbonyl (C=O) groups is 1. The van der Waals surface area contributed by atoms with E-state index in [1.165, 1.54) is 7.11 Å². The molecule has 0 fully saturated rings. The number of aromatic nitrogens is 2. The molecule has 0 spiro atoms. The first-order chi connectivity index (χ1) is 10.1. The Hall–Kier alpha value is -2.54. The minimum absolute atomic E-state index is 0.0333. The van der Waals surface area contributed by atoms with Crippen LogP contribution >= 0.6 is 11.3 Å². The summed E-state index contributed by atoms with van der Waals surface area (Å²) in [4.78, 5) is 19.2. The number of nitrogens with two attached hydrogens (primary N) is 1. The van der Waals surface area contributed by atoms with Crippen LogP contribution in [0.2, 0.25) is 0 Å². The number of fused-ring (bicyclic) bond motifs is 1. The molecule has 1 amide bonds. The van der Waals surface area contributed by atoms with Gasteiger partial charge in [-0.15, -0.1) is 11.3 Å². The monoisotopic (exact) mass is 303 g/mol. The van der Waals surface area contributed by atoms with Crippen molar-refractivity contribution in [2.24, 2.45) is 5.73 Å². The fourth-order valence-electron chi connectivity index (χ4n) is 2.03. The van der Waals surface area contributed by atoms with Crippen molar-refractivity contribution in [3.63, 3.8) is 0 Å². The van der Waals surface area contributed by atoms with Gasteiger partial charge in [0, 0.05) is 0 Å². The number of carbonyl (C=O) groups excluding carboxylic acids is 1. The summed E-state index contributed by atoms with van der Waals surface area (Å²) in [5.41, 5.74) is 6.52. The smallest absolute Gasteiger partial charge is 0.277 e. The maximum absolute atomic E-state index is 14.3. The number of hydrogen-bond donors (Lipinski definition) is 1. The molecule has 5 nitrogen and oxygen atoms in total. The van der Waals surface area contributed by atoms with Crippen LogP contribution in [0.1, 0.15) is 9.80 Å². The quantitative estimate of drug-likeness (QED) is 0.754. The number of pyridine rings is 1. The van der Waals surface area contributed by atoms with Gasteiger partial charge in [-0.1, -0.05) is 30.3 Å². The van der Waals surface area contributed by atoms with Crippen LogP contribution < -0.4 is 10.5 Å². The number of benzene rings is 1. The summed E-state index contributed by atoms with van der Waals surface area (Å²) in [5.74, 6) is -1.31. The lowest BCUT2D eigenvalue weighted by molar-refractivity contribution is 0.1000. The molecule has 0 unspecified atom stereocenters. The fourth-order valence-corrected chi connectivity index (χ4v) is 2.99. The standard InChI is InChI=1S/C14H10FN3O2S/c1-20-13-9-10(21-14(17-9)12(16)19)8(11(15)18-13)7-5-3-2-4-6-7/h2-6H,1H3,(H2,16,19). The van der Waals surface area contributed by atoms with Crippen LogP contribution in [0, 0.1) is 5.95 Å². The molecule has 7 heteroatoms. The average Bonchev–Trinajstić information content (AvgIpc) is 2.92. The topological polar surface area (TPSA) is 78.1 Å². The molecule has 0 aliphatic heterocycles. The predicted octanol–water partition coefficient (Wildman–Crippen LogP) is 2.60. The molecule has 1 aromatic carbocycles. The first-order valence-electron chi connectivity index (χ1n) is 6.01. The Labute approximate surface area is 123 Å². The van der Waals surface area contributed by atoms with E-state index in [1.807, 2.05) is 6.07 Å². The molecule has 2 aromatic heterocycles. The molecule has 3 rings (SSSR count). The zero-order valence-electron chi connectivity index (χ0n) is 11.0. The minimum Gasteiger partial charge on any atom is -0.479 e. The van der Waals surface area contributed by atoms with E-state index < -0.39 is 11.9 Å². The molecule has 0 atom stereocenters. The Bertz CT molecular complexity index is 833. The Morgan fingerprint density at radius 1 is 1.29 bits per heavy atom. The number of hydrogen-bond acceptors (Lipinski definition) is 5. The third kappa shape index (κ3) is 2.21. The molecular formula is C14H10FN3O2S. The number of primary amides is 1. The second-order valence-corrected chi connectivity index (χ2v) is 5.21. The van der Waals surface area contributed by atoms with Crippen molar-refractivity contribution >= 4 is 27.5 Å². The van der Waals surface area contributed by atoms with Crippen molar-refractivity contribution in [3.05, 3.63) is 41.3 Å². The van der Waals surface area contributed by atoms with Gasteiger partial charge in [-0.05, 0) is 5.56 Å². The highest BCUT2D eigenvalue weighted by Crippen LogP contribution is 2.38. The summed E-state index contributed by atoms with van der Waals surface area (Å²) in [6.07, 6.45) is 0. The number of thiazole rings is 1. The van der Waals surface area contributed by atoms with Gasteiger partial charge in [0.05, 0.1) is 17.4 Å². The summed E-state index contributed by atoms with van der Waals surface area (Å²) in [6, 6.07) is 8.93. The van der Waals surface area contributed by atoms with Crippen molar-refractivity contribution < 1.29 is 13.9 Å². The fraction of sp³-hybridized carbons (Fsp3) is 0.0714. The molecule has 0 radical (unpaired) electrons. The number of amides is 1. The molecule has 106 valence electrons. The number of methoxy groups -OCH3 is 1. The maximum atomic E-state index is 14.3. The van der Waals surface area contributed by atoms with Gasteiger partial charge in [0.15, 0.2) is 5.01 Å². The van der Waals surface area contributed by atoms with Gasteiger partial charge in [-0.3, -0.25) is 4.79 Å². The SMILES string of the molecule is COc1nc(F)c(-c2ccccc2)c2sc(C(N)=O)nc12. The van der Waals surface area contributed by atoms with E-state index >= 15 is 0 Å². The van der Waals surface area contributed by atoms with Crippen LogP contribution in [-0.2, 0) is 0 Å². The maximum Gasteiger partial charge on any atom is 0.277 e. The van der Waals surface area contributed by atoms with E-state index in [0.717, 1.165) is 11.3 Å². The van der Waals surface area contributed by atoms with Gasteiger partial charge < -0.3 is 10.5 Å². The van der Waals surface area contributed by atoms with E-state index in [1.54, 1.807) is 24.3 Å². The molecule has 0 aliphatic rings. The Morgan fingerprint density at radius 3 is 2.62 bits per heavy atom. The van der Waals surface area contributed by atoms with Crippen LogP contribution in [0.15, 0.2) is 30.3 Å². The summed E-state index contributed by atoms with van der Waals surface area (Å²) >= 11 is 1.02. The number of nitrogens with zero attached hydrogens (tertiary/aromatic N) is 2. The second kappa shape index (κ2) is 5.10. The lowest BCUT2D eigenvalue weighted by atomic mass is 10.1. The van der Waals surface area contributed by atoms with E-state index in [9.17, 15) is 9.18 Å². The van der Waals surface area contributed by atoms with Gasteiger partial charge in [-0.2, -0.15) is 9.37 Å². The highest BCUT2D eigenvalue weighted by atomic mass is 32.1. The lowest BCUT2D eigenvalue weighted by Crippen LogP contribution is -2.09. The predicted molar refractivity (Wildman–Crippen MR) is 77.9 cm³/mol. The van der Waals surface area contributed by atoms with Crippen molar-refractivity contribution in [3.8, 4) is 17.0 Å². The summed E-state index contributed by atoms with van der Waals surface area (Å²) in [6.45, 7) is 0. The Morgan fingerprint density at radius 2 is 2.00 bits per heavy atom. The largest absolute Gasteiger partial charge is 0.479 e. The number of ether oxygens (including phenoxy) is 1. The van der Waals surface area contributed by atoms with Crippen molar-refractivity contribution in [1.29, 1.82) is 0 Å². The van der Waals surface area contributed by atoms with Gasteiger partial charge in [0.1, 0.15) is 5.52 Å². The van der Waals surface area contributed by atoms with E-state index in [4.69, 9.17) is 10.5 Å². The van der Waals surface area contributed by atoms with E-state index in [0.29, 0.717) is 15.8 Å². The summed E-state index contributed by atoms with van der Waals surface area (Å²) in [5, 5.41) is 0.0906. The zero-order chi connectivity index (χ0) is 15.0. The van der Waals surface area contributed by atoms with Gasteiger partial charge in [-0.25, -0.2) is 4.98 Å². The Kier molecular flexibility index (Phi) is 3.26. The second-order valence-electron chi connectivity index (χ2n) is 4.21. The first-order valence-corrected chi connectivity index (χ1v) is 6.82. The highest BCUT2D eigenvalue weighted by Gasteiger charge is 2.21. The van der Waals surface area contributed by atoms with Crippen LogP contribution in [0.25, 0.3) is 21.3 Å². The highest BCUT2D eigenvalue weighted by molar-refractivity contribution is 7.20. The van der Waals surface area contributed by atoms with Crippen molar-refractivity contribution in [2.45, 2.75) is 0 Å². The molecule has 21 heavy (non-hydrogen) atoms. The first kappa shape index (κ1) is 13.4. The van der Waals surface area contributed by atoms with E-state index in [2.05, 4.69) is 9.97 Å². The molecule has 3 aromatic rings. The zero-order valence-corrected chi connectivity index (χ0v) is 11.8. The molecule has 2 N–H and O–H groups in total. The molecule has 0 bridgehead atoms. The normalized spacial score (nSPS) is 10.8. The molecular weight excluding hydrogens is 293 g/mol.